The van der Waals surface area contributed by atoms with Gasteiger partial charge in [0.2, 0.25) is 10.0 Å². The molecule has 0 bridgehead atoms. The monoisotopic (exact) mass is 302 g/mol. The van der Waals surface area contributed by atoms with Crippen molar-refractivity contribution in [1.29, 1.82) is 0 Å². The van der Waals surface area contributed by atoms with Crippen molar-refractivity contribution >= 4 is 22.0 Å². The summed E-state index contributed by atoms with van der Waals surface area (Å²) in [7, 11) is -4.00. The molecule has 20 heavy (non-hydrogen) atoms. The Balaban J connectivity index is 2.75. The molecule has 0 saturated heterocycles. The topological polar surface area (TPSA) is 134 Å². The van der Waals surface area contributed by atoms with E-state index in [0.29, 0.717) is 0 Å². The van der Waals surface area contributed by atoms with Crippen LogP contribution in [0.25, 0.3) is 0 Å². The number of aliphatic carboxylic acids is 2. The summed E-state index contributed by atoms with van der Waals surface area (Å²) in [6, 6.07) is 1.32. The molecule has 1 aromatic rings. The Hall–Kier alpha value is -2.00. The summed E-state index contributed by atoms with van der Waals surface area (Å²) in [5, 5.41) is 17.4. The summed E-state index contributed by atoms with van der Waals surface area (Å²) < 4.78 is 25.8. The second-order valence-corrected chi connectivity index (χ2v) is 5.70. The molecule has 1 atom stereocenters. The zero-order chi connectivity index (χ0) is 15.2. The number of carboxylic acids is 2. The van der Waals surface area contributed by atoms with Crippen molar-refractivity contribution in [2.75, 3.05) is 0 Å². The molecule has 0 aliphatic heterocycles. The zero-order valence-corrected chi connectivity index (χ0v) is 11.2. The average Bonchev–Trinajstić information content (AvgIpc) is 2.38. The number of carboxylic acid groups (broad SMARTS) is 2. The maximum atomic E-state index is 11.9. The Kier molecular flexibility index (Phi) is 5.59. The molecular formula is C11H14N2O6S. The molecule has 8 nitrogen and oxygen atoms in total. The molecule has 1 aromatic heterocycles. The number of hydrogen-bond acceptors (Lipinski definition) is 5. The van der Waals surface area contributed by atoms with E-state index < -0.39 is 28.0 Å². The minimum Gasteiger partial charge on any atom is -0.481 e. The smallest absolute Gasteiger partial charge is 0.321 e. The van der Waals surface area contributed by atoms with Crippen LogP contribution in [-0.2, 0) is 19.6 Å². The molecule has 0 radical (unpaired) electrons. The molecule has 1 heterocycles. The van der Waals surface area contributed by atoms with Gasteiger partial charge in [-0.2, -0.15) is 4.72 Å². The summed E-state index contributed by atoms with van der Waals surface area (Å²) in [5.41, 5.74) is 0. The zero-order valence-electron chi connectivity index (χ0n) is 10.4. The molecule has 1 rings (SSSR count). The maximum Gasteiger partial charge on any atom is 0.321 e. The summed E-state index contributed by atoms with van der Waals surface area (Å²) in [6.45, 7) is 0. The molecule has 0 spiro atoms. The van der Waals surface area contributed by atoms with Gasteiger partial charge in [-0.15, -0.1) is 0 Å². The van der Waals surface area contributed by atoms with Gasteiger partial charge in [0.25, 0.3) is 0 Å². The van der Waals surface area contributed by atoms with Crippen molar-refractivity contribution in [2.24, 2.45) is 0 Å². The van der Waals surface area contributed by atoms with Gasteiger partial charge in [-0.05, 0) is 25.0 Å². The van der Waals surface area contributed by atoms with Crippen molar-refractivity contribution in [3.05, 3.63) is 24.5 Å². The second kappa shape index (κ2) is 6.96. The molecule has 0 unspecified atom stereocenters. The Morgan fingerprint density at radius 1 is 1.35 bits per heavy atom. The third kappa shape index (κ3) is 4.94. The van der Waals surface area contributed by atoms with E-state index in [9.17, 15) is 18.0 Å². The number of aromatic nitrogens is 1. The van der Waals surface area contributed by atoms with Gasteiger partial charge in [0.1, 0.15) is 10.9 Å². The lowest BCUT2D eigenvalue weighted by molar-refractivity contribution is -0.140. The molecule has 3 N–H and O–H groups in total. The molecule has 9 heteroatoms. The van der Waals surface area contributed by atoms with Crippen LogP contribution >= 0.6 is 0 Å². The van der Waals surface area contributed by atoms with E-state index in [2.05, 4.69) is 4.98 Å². The van der Waals surface area contributed by atoms with Crippen LogP contribution in [0.4, 0.5) is 0 Å². The fraction of sp³-hybridized carbons (Fsp3) is 0.364. The number of nitrogens with zero attached hydrogens (tertiary/aromatic N) is 1. The van der Waals surface area contributed by atoms with Crippen LogP contribution < -0.4 is 4.72 Å². The normalized spacial score (nSPS) is 12.8. The van der Waals surface area contributed by atoms with Gasteiger partial charge in [-0.25, -0.2) is 8.42 Å². The van der Waals surface area contributed by atoms with Gasteiger partial charge in [-0.3, -0.25) is 14.6 Å². The minimum absolute atomic E-state index is 0.0574. The highest BCUT2D eigenvalue weighted by Gasteiger charge is 2.25. The predicted octanol–water partition coefficient (Wildman–Crippen LogP) is 0.0680. The molecule has 110 valence electrons. The van der Waals surface area contributed by atoms with Crippen LogP contribution in [0.2, 0.25) is 0 Å². The van der Waals surface area contributed by atoms with Crippen LogP contribution in [0.15, 0.2) is 29.4 Å². The van der Waals surface area contributed by atoms with Crippen molar-refractivity contribution in [1.82, 2.24) is 9.71 Å². The van der Waals surface area contributed by atoms with Crippen LogP contribution in [-0.4, -0.2) is 41.6 Å². The molecule has 0 aliphatic carbocycles. The van der Waals surface area contributed by atoms with E-state index in [1.165, 1.54) is 18.3 Å². The Bertz CT molecular complexity index is 572. The second-order valence-electron chi connectivity index (χ2n) is 3.99. The number of nitrogens with one attached hydrogen (secondary N) is 1. The first-order valence-electron chi connectivity index (χ1n) is 5.70. The highest BCUT2D eigenvalue weighted by atomic mass is 32.2. The largest absolute Gasteiger partial charge is 0.481 e. The highest BCUT2D eigenvalue weighted by Crippen LogP contribution is 2.09. The lowest BCUT2D eigenvalue weighted by Crippen LogP contribution is -2.40. The van der Waals surface area contributed by atoms with E-state index in [-0.39, 0.29) is 24.2 Å². The third-order valence-electron chi connectivity index (χ3n) is 2.42. The lowest BCUT2D eigenvalue weighted by atomic mass is 10.1. The van der Waals surface area contributed by atoms with Crippen molar-refractivity contribution < 1.29 is 28.2 Å². The molecule has 0 fully saturated rings. The first kappa shape index (κ1) is 16.1. The van der Waals surface area contributed by atoms with E-state index in [1.807, 2.05) is 4.72 Å². The van der Waals surface area contributed by atoms with Crippen LogP contribution in [0.1, 0.15) is 19.3 Å². The van der Waals surface area contributed by atoms with E-state index in [4.69, 9.17) is 10.2 Å². The van der Waals surface area contributed by atoms with Gasteiger partial charge in [0.05, 0.1) is 0 Å². The highest BCUT2D eigenvalue weighted by molar-refractivity contribution is 7.89. The fourth-order valence-electron chi connectivity index (χ4n) is 1.45. The predicted molar refractivity (Wildman–Crippen MR) is 67.5 cm³/mol. The van der Waals surface area contributed by atoms with E-state index >= 15 is 0 Å². The number of carbonyl (C=O) groups is 2. The summed E-state index contributed by atoms with van der Waals surface area (Å²) in [5.74, 6) is -2.42. The number of hydrogen-bond donors (Lipinski definition) is 3. The number of sulfonamides is 1. The molecule has 0 aromatic carbocycles. The summed E-state index contributed by atoms with van der Waals surface area (Å²) >= 11 is 0. The lowest BCUT2D eigenvalue weighted by Gasteiger charge is -2.14. The average molecular weight is 302 g/mol. The molecule has 0 aliphatic rings. The Labute approximate surface area is 115 Å². The number of pyridine rings is 1. The van der Waals surface area contributed by atoms with E-state index in [1.54, 1.807) is 0 Å². The molecule has 0 saturated carbocycles. The Morgan fingerprint density at radius 3 is 2.55 bits per heavy atom. The molecular weight excluding hydrogens is 288 g/mol. The SMILES string of the molecule is O=C(O)CCC[C@@H](NS(=O)(=O)c1cccnc1)C(=O)O. The van der Waals surface area contributed by atoms with Crippen LogP contribution in [0, 0.1) is 0 Å². The first-order valence-corrected chi connectivity index (χ1v) is 7.18. The maximum absolute atomic E-state index is 11.9. The molecule has 0 amide bonds. The van der Waals surface area contributed by atoms with Crippen molar-refractivity contribution in [3.63, 3.8) is 0 Å². The summed E-state index contributed by atoms with van der Waals surface area (Å²) in [6.07, 6.45) is 2.21. The Morgan fingerprint density at radius 2 is 2.05 bits per heavy atom. The van der Waals surface area contributed by atoms with Crippen LogP contribution in [0.3, 0.4) is 0 Å². The van der Waals surface area contributed by atoms with Crippen LogP contribution in [0.5, 0.6) is 0 Å². The standard InChI is InChI=1S/C11H14N2O6S/c14-10(15)5-1-4-9(11(16)17)13-20(18,19)8-3-2-6-12-7-8/h2-3,6-7,9,13H,1,4-5H2,(H,14,15)(H,16,17)/t9-/m1/s1. The first-order chi connectivity index (χ1) is 9.33. The van der Waals surface area contributed by atoms with E-state index in [0.717, 1.165) is 6.20 Å². The minimum atomic E-state index is -4.00. The van der Waals surface area contributed by atoms with Gasteiger partial charge in [0.15, 0.2) is 0 Å². The van der Waals surface area contributed by atoms with Crippen molar-refractivity contribution in [3.8, 4) is 0 Å². The van der Waals surface area contributed by atoms with Gasteiger partial charge in [-0.1, -0.05) is 0 Å². The van der Waals surface area contributed by atoms with Gasteiger partial charge >= 0.3 is 11.9 Å². The fourth-order valence-corrected chi connectivity index (χ4v) is 2.64. The van der Waals surface area contributed by atoms with Crippen molar-refractivity contribution in [2.45, 2.75) is 30.2 Å². The number of rotatable bonds is 8. The summed E-state index contributed by atoms with van der Waals surface area (Å²) in [4.78, 5) is 24.9. The third-order valence-corrected chi connectivity index (χ3v) is 3.88. The van der Waals surface area contributed by atoms with Gasteiger partial charge < -0.3 is 10.2 Å². The van der Waals surface area contributed by atoms with Gasteiger partial charge in [0, 0.05) is 18.8 Å². The quantitative estimate of drug-likeness (QED) is 0.618.